The smallest absolute Gasteiger partial charge is 0.251 e. The average Bonchev–Trinajstić information content (AvgIpc) is 2.52. The number of amides is 2. The Kier molecular flexibility index (Phi) is 5.11. The third-order valence-corrected chi connectivity index (χ3v) is 3.60. The van der Waals surface area contributed by atoms with Crippen LogP contribution >= 0.6 is 0 Å². The van der Waals surface area contributed by atoms with E-state index >= 15 is 0 Å². The Labute approximate surface area is 125 Å². The maximum atomic E-state index is 12.2. The maximum Gasteiger partial charge on any atom is 0.251 e. The molecule has 0 bridgehead atoms. The second kappa shape index (κ2) is 7.04. The van der Waals surface area contributed by atoms with Crippen LogP contribution in [0.4, 0.5) is 0 Å². The molecule has 0 saturated carbocycles. The highest BCUT2D eigenvalue weighted by molar-refractivity contribution is 5.95. The van der Waals surface area contributed by atoms with E-state index in [1.165, 1.54) is 0 Å². The molecule has 2 rings (SSSR count). The quantitative estimate of drug-likeness (QED) is 0.811. The fourth-order valence-electron chi connectivity index (χ4n) is 2.32. The van der Waals surface area contributed by atoms with Crippen LogP contribution in [0, 0.1) is 0 Å². The van der Waals surface area contributed by atoms with Crippen molar-refractivity contribution in [2.24, 2.45) is 0 Å². The number of rotatable bonds is 3. The van der Waals surface area contributed by atoms with Crippen LogP contribution in [-0.4, -0.2) is 49.4 Å². The topological polar surface area (TPSA) is 61.4 Å². The number of carbonyl (C=O) groups is 2. The maximum absolute atomic E-state index is 12.2. The molecule has 1 fully saturated rings. The Hall–Kier alpha value is -2.14. The molecular weight excluding hydrogens is 266 g/mol. The minimum atomic E-state index is -0.115. The first-order valence-electron chi connectivity index (χ1n) is 7.13. The highest BCUT2D eigenvalue weighted by Crippen LogP contribution is 2.08. The molecular formula is C16H21N3O2. The summed E-state index contributed by atoms with van der Waals surface area (Å²) >= 11 is 0. The van der Waals surface area contributed by atoms with Gasteiger partial charge in [0.25, 0.3) is 5.91 Å². The fourth-order valence-corrected chi connectivity index (χ4v) is 2.32. The predicted molar refractivity (Wildman–Crippen MR) is 82.9 cm³/mol. The molecule has 5 nitrogen and oxygen atoms in total. The largest absolute Gasteiger partial charge is 0.355 e. The van der Waals surface area contributed by atoms with E-state index in [0.29, 0.717) is 5.56 Å². The second-order valence-corrected chi connectivity index (χ2v) is 5.12. The van der Waals surface area contributed by atoms with E-state index in [4.69, 9.17) is 0 Å². The normalized spacial score (nSPS) is 18.8. The molecule has 1 heterocycles. The number of hydrogen-bond donors (Lipinski definition) is 2. The molecule has 1 aliphatic heterocycles. The van der Waals surface area contributed by atoms with Crippen LogP contribution < -0.4 is 10.6 Å². The number of piperazine rings is 1. The Morgan fingerprint density at radius 1 is 1.33 bits per heavy atom. The number of nitrogens with one attached hydrogen (secondary N) is 2. The van der Waals surface area contributed by atoms with Crippen LogP contribution in [-0.2, 0) is 4.79 Å². The van der Waals surface area contributed by atoms with Crippen molar-refractivity contribution in [3.05, 3.63) is 41.5 Å². The Bertz CT molecular complexity index is 537. The predicted octanol–water partition coefficient (Wildman–Crippen LogP) is 0.880. The van der Waals surface area contributed by atoms with Gasteiger partial charge in [0.15, 0.2) is 0 Å². The standard InChI is InChI=1S/C16H21N3O2/c1-12-11-18-9-10-19(12)15(20)8-5-13-3-6-14(7-4-13)16(21)17-2/h3-8,12,18H,9-11H2,1-2H3,(H,17,21)/b8-5+. The lowest BCUT2D eigenvalue weighted by Gasteiger charge is -2.33. The summed E-state index contributed by atoms with van der Waals surface area (Å²) in [5.74, 6) is -0.0874. The van der Waals surface area contributed by atoms with E-state index in [1.54, 1.807) is 31.3 Å². The van der Waals surface area contributed by atoms with Crippen LogP contribution in [0.25, 0.3) is 6.08 Å². The first kappa shape index (κ1) is 15.3. The zero-order chi connectivity index (χ0) is 15.2. The number of carbonyl (C=O) groups excluding carboxylic acids is 2. The van der Waals surface area contributed by atoms with Gasteiger partial charge in [-0.3, -0.25) is 9.59 Å². The van der Waals surface area contributed by atoms with Crippen molar-refractivity contribution in [3.63, 3.8) is 0 Å². The van der Waals surface area contributed by atoms with Gasteiger partial charge >= 0.3 is 0 Å². The summed E-state index contributed by atoms with van der Waals surface area (Å²) in [7, 11) is 1.60. The highest BCUT2D eigenvalue weighted by atomic mass is 16.2. The van der Waals surface area contributed by atoms with E-state index in [2.05, 4.69) is 10.6 Å². The van der Waals surface area contributed by atoms with Crippen molar-refractivity contribution in [1.29, 1.82) is 0 Å². The van der Waals surface area contributed by atoms with E-state index in [0.717, 1.165) is 25.2 Å². The number of hydrogen-bond acceptors (Lipinski definition) is 3. The van der Waals surface area contributed by atoms with Crippen molar-refractivity contribution >= 4 is 17.9 Å². The van der Waals surface area contributed by atoms with Crippen molar-refractivity contribution < 1.29 is 9.59 Å². The van der Waals surface area contributed by atoms with Crippen molar-refractivity contribution in [3.8, 4) is 0 Å². The summed E-state index contributed by atoms with van der Waals surface area (Å²) in [6, 6.07) is 7.37. The molecule has 21 heavy (non-hydrogen) atoms. The van der Waals surface area contributed by atoms with E-state index in [9.17, 15) is 9.59 Å². The summed E-state index contributed by atoms with van der Waals surface area (Å²) < 4.78 is 0. The summed E-state index contributed by atoms with van der Waals surface area (Å²) in [6.45, 7) is 4.45. The zero-order valence-corrected chi connectivity index (χ0v) is 12.4. The first-order chi connectivity index (χ1) is 10.1. The van der Waals surface area contributed by atoms with Crippen LogP contribution in [0.5, 0.6) is 0 Å². The lowest BCUT2D eigenvalue weighted by atomic mass is 10.1. The molecule has 2 amide bonds. The zero-order valence-electron chi connectivity index (χ0n) is 12.4. The molecule has 1 unspecified atom stereocenters. The van der Waals surface area contributed by atoms with E-state index in [-0.39, 0.29) is 17.9 Å². The van der Waals surface area contributed by atoms with Gasteiger partial charge in [-0.15, -0.1) is 0 Å². The molecule has 1 aromatic carbocycles. The molecule has 1 atom stereocenters. The van der Waals surface area contributed by atoms with Gasteiger partial charge in [-0.25, -0.2) is 0 Å². The van der Waals surface area contributed by atoms with Gasteiger partial charge in [-0.1, -0.05) is 12.1 Å². The molecule has 1 aromatic rings. The molecule has 0 aliphatic carbocycles. The summed E-state index contributed by atoms with van der Waals surface area (Å²) in [5.41, 5.74) is 1.51. The highest BCUT2D eigenvalue weighted by Gasteiger charge is 2.20. The lowest BCUT2D eigenvalue weighted by molar-refractivity contribution is -0.128. The van der Waals surface area contributed by atoms with Crippen molar-refractivity contribution in [2.75, 3.05) is 26.7 Å². The van der Waals surface area contributed by atoms with Crippen LogP contribution in [0.15, 0.2) is 30.3 Å². The van der Waals surface area contributed by atoms with Crippen molar-refractivity contribution in [2.45, 2.75) is 13.0 Å². The lowest BCUT2D eigenvalue weighted by Crippen LogP contribution is -2.51. The fraction of sp³-hybridized carbons (Fsp3) is 0.375. The van der Waals surface area contributed by atoms with E-state index < -0.39 is 0 Å². The molecule has 0 aromatic heterocycles. The Morgan fingerprint density at radius 3 is 2.67 bits per heavy atom. The SMILES string of the molecule is CNC(=O)c1ccc(/C=C/C(=O)N2CCNCC2C)cc1. The number of benzene rings is 1. The van der Waals surface area contributed by atoms with Crippen LogP contribution in [0.3, 0.4) is 0 Å². The first-order valence-corrected chi connectivity index (χ1v) is 7.13. The Balaban J connectivity index is 2.00. The van der Waals surface area contributed by atoms with Crippen molar-refractivity contribution in [1.82, 2.24) is 15.5 Å². The summed E-state index contributed by atoms with van der Waals surface area (Å²) in [5, 5.41) is 5.83. The van der Waals surface area contributed by atoms with Gasteiger partial charge in [0.05, 0.1) is 0 Å². The summed E-state index contributed by atoms with van der Waals surface area (Å²) in [4.78, 5) is 25.5. The second-order valence-electron chi connectivity index (χ2n) is 5.12. The molecule has 112 valence electrons. The molecule has 0 spiro atoms. The van der Waals surface area contributed by atoms with Gasteiger partial charge in [-0.2, -0.15) is 0 Å². The average molecular weight is 287 g/mol. The Morgan fingerprint density at radius 2 is 2.05 bits per heavy atom. The number of nitrogens with zero attached hydrogens (tertiary/aromatic N) is 1. The molecule has 0 radical (unpaired) electrons. The van der Waals surface area contributed by atoms with Gasteiger partial charge in [0.2, 0.25) is 5.91 Å². The third kappa shape index (κ3) is 3.92. The molecule has 5 heteroatoms. The van der Waals surface area contributed by atoms with Gasteiger partial charge in [0, 0.05) is 44.4 Å². The van der Waals surface area contributed by atoms with Crippen LogP contribution in [0.2, 0.25) is 0 Å². The van der Waals surface area contributed by atoms with Gasteiger partial charge < -0.3 is 15.5 Å². The van der Waals surface area contributed by atoms with E-state index in [1.807, 2.05) is 24.0 Å². The summed E-state index contributed by atoms with van der Waals surface area (Å²) in [6.07, 6.45) is 3.38. The van der Waals surface area contributed by atoms with Gasteiger partial charge in [-0.05, 0) is 30.7 Å². The molecule has 1 saturated heterocycles. The van der Waals surface area contributed by atoms with Gasteiger partial charge in [0.1, 0.15) is 0 Å². The molecule has 2 N–H and O–H groups in total. The van der Waals surface area contributed by atoms with Crippen LogP contribution in [0.1, 0.15) is 22.8 Å². The molecule has 1 aliphatic rings. The minimum Gasteiger partial charge on any atom is -0.355 e. The minimum absolute atomic E-state index is 0.0272. The third-order valence-electron chi connectivity index (χ3n) is 3.60. The monoisotopic (exact) mass is 287 g/mol.